The Morgan fingerprint density at radius 2 is 1.68 bits per heavy atom. The highest BCUT2D eigenvalue weighted by Gasteiger charge is 2.13. The van der Waals surface area contributed by atoms with Gasteiger partial charge in [-0.2, -0.15) is 0 Å². The molecular formula is C18H16N2O2. The second kappa shape index (κ2) is 6.72. The van der Waals surface area contributed by atoms with E-state index >= 15 is 0 Å². The van der Waals surface area contributed by atoms with Crippen LogP contribution in [0.5, 0.6) is 0 Å². The van der Waals surface area contributed by atoms with Gasteiger partial charge in [0.05, 0.1) is 11.8 Å². The molecule has 0 spiro atoms. The molecule has 110 valence electrons. The number of hydrogen-bond acceptors (Lipinski definition) is 3. The van der Waals surface area contributed by atoms with Crippen molar-refractivity contribution in [2.45, 2.75) is 12.8 Å². The lowest BCUT2D eigenvalue weighted by atomic mass is 10.1. The molecule has 0 aliphatic carbocycles. The molecule has 3 aromatic rings. The highest BCUT2D eigenvalue weighted by atomic mass is 16.5. The van der Waals surface area contributed by atoms with Gasteiger partial charge in [-0.1, -0.05) is 65.8 Å². The van der Waals surface area contributed by atoms with Gasteiger partial charge in [-0.3, -0.25) is 10.1 Å². The Bertz CT molecular complexity index is 736. The zero-order chi connectivity index (χ0) is 15.2. The molecule has 1 aromatic heterocycles. The summed E-state index contributed by atoms with van der Waals surface area (Å²) < 4.78 is 5.16. The van der Waals surface area contributed by atoms with Crippen LogP contribution in [0, 0.1) is 0 Å². The molecule has 0 aliphatic heterocycles. The molecule has 4 heteroatoms. The molecule has 0 atom stereocenters. The van der Waals surface area contributed by atoms with Crippen LogP contribution < -0.4 is 5.32 Å². The van der Waals surface area contributed by atoms with E-state index in [2.05, 4.69) is 10.5 Å². The van der Waals surface area contributed by atoms with Crippen LogP contribution in [0.4, 0.5) is 5.88 Å². The number of carbonyl (C=O) groups is 1. The first-order valence-corrected chi connectivity index (χ1v) is 7.17. The third-order valence-electron chi connectivity index (χ3n) is 3.39. The smallest absolute Gasteiger partial charge is 0.239 e. The van der Waals surface area contributed by atoms with Crippen molar-refractivity contribution >= 4 is 11.8 Å². The van der Waals surface area contributed by atoms with Gasteiger partial charge in [0.15, 0.2) is 0 Å². The number of hydrogen-bond donors (Lipinski definition) is 1. The summed E-state index contributed by atoms with van der Waals surface area (Å²) in [6.45, 7) is 0. The van der Waals surface area contributed by atoms with Crippen LogP contribution in [-0.2, 0) is 11.2 Å². The third kappa shape index (κ3) is 3.41. The molecule has 0 saturated carbocycles. The first-order chi connectivity index (χ1) is 10.8. The van der Waals surface area contributed by atoms with E-state index in [1.165, 1.54) is 0 Å². The average Bonchev–Trinajstić information content (AvgIpc) is 3.03. The predicted molar refractivity (Wildman–Crippen MR) is 85.3 cm³/mol. The maximum Gasteiger partial charge on any atom is 0.239 e. The highest BCUT2D eigenvalue weighted by Crippen LogP contribution is 2.27. The summed E-state index contributed by atoms with van der Waals surface area (Å²) in [6.07, 6.45) is 2.71. The number of aryl methyl sites for hydroxylation is 1. The van der Waals surface area contributed by atoms with Crippen molar-refractivity contribution < 1.29 is 9.32 Å². The molecule has 3 rings (SSSR count). The van der Waals surface area contributed by atoms with Crippen LogP contribution in [-0.4, -0.2) is 11.1 Å². The number of carbonyl (C=O) groups excluding carboxylic acids is 1. The summed E-state index contributed by atoms with van der Waals surface area (Å²) in [5.74, 6) is 0.307. The van der Waals surface area contributed by atoms with Crippen LogP contribution >= 0.6 is 0 Å². The Labute approximate surface area is 128 Å². The lowest BCUT2D eigenvalue weighted by Gasteiger charge is -2.04. The van der Waals surface area contributed by atoms with Crippen molar-refractivity contribution in [3.8, 4) is 11.1 Å². The predicted octanol–water partition coefficient (Wildman–Crippen LogP) is 3.91. The monoisotopic (exact) mass is 292 g/mol. The van der Waals surface area contributed by atoms with Crippen molar-refractivity contribution in [2.75, 3.05) is 5.32 Å². The van der Waals surface area contributed by atoms with Crippen LogP contribution in [0.15, 0.2) is 71.4 Å². The van der Waals surface area contributed by atoms with Crippen LogP contribution in [0.1, 0.15) is 12.0 Å². The van der Waals surface area contributed by atoms with Gasteiger partial charge >= 0.3 is 0 Å². The molecule has 22 heavy (non-hydrogen) atoms. The molecule has 1 amide bonds. The van der Waals surface area contributed by atoms with Gasteiger partial charge in [0, 0.05) is 6.42 Å². The lowest BCUT2D eigenvalue weighted by Crippen LogP contribution is -2.12. The zero-order valence-electron chi connectivity index (χ0n) is 12.0. The van der Waals surface area contributed by atoms with Crippen LogP contribution in [0.2, 0.25) is 0 Å². The largest absolute Gasteiger partial charge is 0.338 e. The Morgan fingerprint density at radius 1 is 1.00 bits per heavy atom. The molecule has 0 aliphatic rings. The molecular weight excluding hydrogens is 276 g/mol. The number of anilines is 1. The minimum Gasteiger partial charge on any atom is -0.338 e. The number of nitrogens with one attached hydrogen (secondary N) is 1. The van der Waals surface area contributed by atoms with Gasteiger partial charge in [0.25, 0.3) is 0 Å². The minimum absolute atomic E-state index is 0.0854. The molecule has 1 heterocycles. The van der Waals surface area contributed by atoms with E-state index in [-0.39, 0.29) is 5.91 Å². The van der Waals surface area contributed by atoms with E-state index in [9.17, 15) is 4.79 Å². The van der Waals surface area contributed by atoms with Crippen molar-refractivity contribution in [1.82, 2.24) is 5.16 Å². The molecule has 0 radical (unpaired) electrons. The molecule has 0 bridgehead atoms. The Morgan fingerprint density at radius 3 is 2.41 bits per heavy atom. The highest BCUT2D eigenvalue weighted by molar-refractivity contribution is 5.93. The molecule has 2 aromatic carbocycles. The Kier molecular flexibility index (Phi) is 4.30. The number of benzene rings is 2. The van der Waals surface area contributed by atoms with Crippen molar-refractivity contribution in [3.05, 3.63) is 72.4 Å². The molecule has 1 N–H and O–H groups in total. The third-order valence-corrected chi connectivity index (χ3v) is 3.39. The zero-order valence-corrected chi connectivity index (χ0v) is 12.0. The standard InChI is InChI=1S/C18H16N2O2/c21-17(12-11-14-7-3-1-4-8-14)20-18-16(13-19-22-18)15-9-5-2-6-10-15/h1-10,13H,11-12H2,(H,20,21). The van der Waals surface area contributed by atoms with Crippen molar-refractivity contribution in [1.29, 1.82) is 0 Å². The number of nitrogens with zero attached hydrogens (tertiary/aromatic N) is 1. The fraction of sp³-hybridized carbons (Fsp3) is 0.111. The van der Waals surface area contributed by atoms with E-state index in [0.717, 1.165) is 16.7 Å². The summed E-state index contributed by atoms with van der Waals surface area (Å²) in [5, 5.41) is 6.57. The molecule has 0 fully saturated rings. The van der Waals surface area contributed by atoms with Crippen LogP contribution in [0.25, 0.3) is 11.1 Å². The summed E-state index contributed by atoms with van der Waals surface area (Å²) >= 11 is 0. The molecule has 4 nitrogen and oxygen atoms in total. The van der Waals surface area contributed by atoms with E-state index < -0.39 is 0 Å². The van der Waals surface area contributed by atoms with Gasteiger partial charge in [-0.25, -0.2) is 0 Å². The molecule has 0 unspecified atom stereocenters. The quantitative estimate of drug-likeness (QED) is 0.775. The SMILES string of the molecule is O=C(CCc1ccccc1)Nc1oncc1-c1ccccc1. The van der Waals surface area contributed by atoms with Crippen LogP contribution in [0.3, 0.4) is 0 Å². The van der Waals surface area contributed by atoms with Crippen molar-refractivity contribution in [2.24, 2.45) is 0 Å². The van der Waals surface area contributed by atoms with E-state index in [1.54, 1.807) is 6.20 Å². The average molecular weight is 292 g/mol. The summed E-state index contributed by atoms with van der Waals surface area (Å²) in [4.78, 5) is 12.1. The van der Waals surface area contributed by atoms with Crippen molar-refractivity contribution in [3.63, 3.8) is 0 Å². The van der Waals surface area contributed by atoms with Gasteiger partial charge in [-0.05, 0) is 17.5 Å². The summed E-state index contributed by atoms with van der Waals surface area (Å²) in [7, 11) is 0. The fourth-order valence-electron chi connectivity index (χ4n) is 2.24. The maximum atomic E-state index is 12.1. The first kappa shape index (κ1) is 14.1. The molecule has 0 saturated heterocycles. The maximum absolute atomic E-state index is 12.1. The van der Waals surface area contributed by atoms with Gasteiger partial charge < -0.3 is 4.52 Å². The van der Waals surface area contributed by atoms with E-state index in [4.69, 9.17) is 4.52 Å². The van der Waals surface area contributed by atoms with E-state index in [0.29, 0.717) is 18.7 Å². The van der Waals surface area contributed by atoms with E-state index in [1.807, 2.05) is 60.7 Å². The number of rotatable bonds is 5. The second-order valence-corrected chi connectivity index (χ2v) is 4.97. The Hall–Kier alpha value is -2.88. The minimum atomic E-state index is -0.0854. The fourth-order valence-corrected chi connectivity index (χ4v) is 2.24. The Balaban J connectivity index is 1.64. The summed E-state index contributed by atoms with van der Waals surface area (Å²) in [5.41, 5.74) is 2.88. The second-order valence-electron chi connectivity index (χ2n) is 4.97. The number of amides is 1. The van der Waals surface area contributed by atoms with Gasteiger partial charge in [-0.15, -0.1) is 0 Å². The lowest BCUT2D eigenvalue weighted by molar-refractivity contribution is -0.116. The number of aromatic nitrogens is 1. The first-order valence-electron chi connectivity index (χ1n) is 7.17. The van der Waals surface area contributed by atoms with Gasteiger partial charge in [0.1, 0.15) is 0 Å². The summed E-state index contributed by atoms with van der Waals surface area (Å²) in [6, 6.07) is 19.6. The normalized spacial score (nSPS) is 10.4. The van der Waals surface area contributed by atoms with Gasteiger partial charge in [0.2, 0.25) is 11.8 Å². The topological polar surface area (TPSA) is 55.1 Å².